The van der Waals surface area contributed by atoms with E-state index in [1.165, 1.54) is 4.90 Å². The molecule has 1 aromatic carbocycles. The molecule has 1 aliphatic rings. The number of hydrogen-bond donors (Lipinski definition) is 0. The molecule has 5 nitrogen and oxygen atoms in total. The van der Waals surface area contributed by atoms with Crippen LogP contribution in [0.25, 0.3) is 6.08 Å². The van der Waals surface area contributed by atoms with Crippen molar-refractivity contribution in [3.05, 3.63) is 27.6 Å². The third-order valence-electron chi connectivity index (χ3n) is 3.84. The van der Waals surface area contributed by atoms with Gasteiger partial charge in [0.15, 0.2) is 11.5 Å². The van der Waals surface area contributed by atoms with Gasteiger partial charge in [-0.2, -0.15) is 0 Å². The van der Waals surface area contributed by atoms with Gasteiger partial charge in [0.05, 0.1) is 22.6 Å². The summed E-state index contributed by atoms with van der Waals surface area (Å²) < 4.78 is 11.4. The highest BCUT2D eigenvalue weighted by Gasteiger charge is 2.37. The Morgan fingerprint density at radius 2 is 1.92 bits per heavy atom. The maximum atomic E-state index is 12.6. The quantitative estimate of drug-likeness (QED) is 0.579. The Kier molecular flexibility index (Phi) is 7.01. The zero-order valence-electron chi connectivity index (χ0n) is 15.7. The van der Waals surface area contributed by atoms with Gasteiger partial charge in [-0.05, 0) is 69.6 Å². The normalized spacial score (nSPS) is 17.3. The van der Waals surface area contributed by atoms with E-state index in [1.54, 1.807) is 18.2 Å². The van der Waals surface area contributed by atoms with Crippen LogP contribution in [0, 0.1) is 0 Å². The van der Waals surface area contributed by atoms with Crippen LogP contribution in [0.2, 0.25) is 5.02 Å². The Morgan fingerprint density at radius 3 is 2.50 bits per heavy atom. The van der Waals surface area contributed by atoms with Gasteiger partial charge in [0.25, 0.3) is 11.1 Å². The number of imide groups is 1. The van der Waals surface area contributed by atoms with Crippen LogP contribution in [0.3, 0.4) is 0 Å². The molecule has 1 atom stereocenters. The van der Waals surface area contributed by atoms with Gasteiger partial charge in [-0.15, -0.1) is 0 Å². The Hall–Kier alpha value is -1.66. The molecule has 1 heterocycles. The lowest BCUT2D eigenvalue weighted by molar-refractivity contribution is -0.124. The van der Waals surface area contributed by atoms with E-state index in [9.17, 15) is 9.59 Å². The molecule has 1 aromatic rings. The van der Waals surface area contributed by atoms with Gasteiger partial charge in [-0.3, -0.25) is 14.5 Å². The SMILES string of the molecule is CCOc1cc(/C=C2/SC(=O)N([C@@H](C)CC)C2=O)cc(Cl)c1OC(C)C. The van der Waals surface area contributed by atoms with E-state index in [-0.39, 0.29) is 23.3 Å². The number of carbonyl (C=O) groups is 2. The molecule has 1 fully saturated rings. The van der Waals surface area contributed by atoms with E-state index in [0.717, 1.165) is 11.8 Å². The fourth-order valence-corrected chi connectivity index (χ4v) is 3.67. The molecular weight excluding hydrogens is 374 g/mol. The maximum Gasteiger partial charge on any atom is 0.293 e. The zero-order valence-corrected chi connectivity index (χ0v) is 17.2. The summed E-state index contributed by atoms with van der Waals surface area (Å²) in [5.74, 6) is 0.723. The molecule has 7 heteroatoms. The second kappa shape index (κ2) is 8.82. The molecule has 0 spiro atoms. The van der Waals surface area contributed by atoms with Crippen LogP contribution < -0.4 is 9.47 Å². The van der Waals surface area contributed by atoms with Crippen molar-refractivity contribution in [1.82, 2.24) is 4.90 Å². The second-order valence-electron chi connectivity index (χ2n) is 6.24. The van der Waals surface area contributed by atoms with Gasteiger partial charge in [-0.25, -0.2) is 0 Å². The lowest BCUT2D eigenvalue weighted by Gasteiger charge is -2.19. The summed E-state index contributed by atoms with van der Waals surface area (Å²) in [6, 6.07) is 3.35. The molecule has 0 radical (unpaired) electrons. The number of carbonyl (C=O) groups excluding carboxylic acids is 2. The fourth-order valence-electron chi connectivity index (χ4n) is 2.48. The van der Waals surface area contributed by atoms with E-state index >= 15 is 0 Å². The molecule has 0 bridgehead atoms. The van der Waals surface area contributed by atoms with Gasteiger partial charge in [0.1, 0.15) is 0 Å². The number of nitrogens with zero attached hydrogens (tertiary/aromatic N) is 1. The number of amides is 2. The number of thioether (sulfide) groups is 1. The summed E-state index contributed by atoms with van der Waals surface area (Å²) in [6.45, 7) is 9.95. The third kappa shape index (κ3) is 4.54. The van der Waals surface area contributed by atoms with Crippen molar-refractivity contribution >= 4 is 40.6 Å². The minimum Gasteiger partial charge on any atom is -0.490 e. The molecule has 2 rings (SSSR count). The van der Waals surface area contributed by atoms with Gasteiger partial charge in [-0.1, -0.05) is 18.5 Å². The molecule has 1 saturated heterocycles. The highest BCUT2D eigenvalue weighted by atomic mass is 35.5. The monoisotopic (exact) mass is 397 g/mol. The largest absolute Gasteiger partial charge is 0.490 e. The first-order valence-electron chi connectivity index (χ1n) is 8.68. The Balaban J connectivity index is 2.39. The summed E-state index contributed by atoms with van der Waals surface area (Å²) in [7, 11) is 0. The first kappa shape index (κ1) is 20.6. The Morgan fingerprint density at radius 1 is 1.23 bits per heavy atom. The van der Waals surface area contributed by atoms with Crippen LogP contribution in [0.4, 0.5) is 4.79 Å². The third-order valence-corrected chi connectivity index (χ3v) is 5.00. The molecule has 26 heavy (non-hydrogen) atoms. The molecule has 0 aromatic heterocycles. The topological polar surface area (TPSA) is 55.8 Å². The molecular formula is C19H24ClNO4S. The smallest absolute Gasteiger partial charge is 0.293 e. The average molecular weight is 398 g/mol. The fraction of sp³-hybridized carbons (Fsp3) is 0.474. The number of benzene rings is 1. The van der Waals surface area contributed by atoms with Crippen LogP contribution in [-0.4, -0.2) is 34.8 Å². The van der Waals surface area contributed by atoms with Crippen molar-refractivity contribution in [1.29, 1.82) is 0 Å². The summed E-state index contributed by atoms with van der Waals surface area (Å²) in [5.41, 5.74) is 0.684. The van der Waals surface area contributed by atoms with Crippen molar-refractivity contribution in [2.24, 2.45) is 0 Å². The first-order chi connectivity index (χ1) is 12.3. The number of hydrogen-bond acceptors (Lipinski definition) is 5. The Labute approximate surface area is 163 Å². The molecule has 142 valence electrons. The lowest BCUT2D eigenvalue weighted by atomic mass is 10.1. The van der Waals surface area contributed by atoms with Crippen LogP contribution >= 0.6 is 23.4 Å². The van der Waals surface area contributed by atoms with Crippen LogP contribution in [-0.2, 0) is 4.79 Å². The molecule has 0 unspecified atom stereocenters. The van der Waals surface area contributed by atoms with Crippen LogP contribution in [0.1, 0.15) is 46.6 Å². The minimum atomic E-state index is -0.272. The molecule has 1 aliphatic heterocycles. The summed E-state index contributed by atoms with van der Waals surface area (Å²) >= 11 is 7.31. The van der Waals surface area contributed by atoms with Crippen LogP contribution in [0.5, 0.6) is 11.5 Å². The van der Waals surface area contributed by atoms with E-state index < -0.39 is 0 Å². The summed E-state index contributed by atoms with van der Waals surface area (Å²) in [5, 5.41) is 0.156. The molecule has 0 saturated carbocycles. The number of ether oxygens (including phenoxy) is 2. The zero-order chi connectivity index (χ0) is 19.4. The summed E-state index contributed by atoms with van der Waals surface area (Å²) in [4.78, 5) is 26.4. The highest BCUT2D eigenvalue weighted by molar-refractivity contribution is 8.18. The lowest BCUT2D eigenvalue weighted by Crippen LogP contribution is -2.36. The van der Waals surface area contributed by atoms with Gasteiger partial charge >= 0.3 is 0 Å². The second-order valence-corrected chi connectivity index (χ2v) is 7.64. The van der Waals surface area contributed by atoms with Crippen molar-refractivity contribution < 1.29 is 19.1 Å². The molecule has 0 aliphatic carbocycles. The predicted molar refractivity (Wildman–Crippen MR) is 106 cm³/mol. The van der Waals surface area contributed by atoms with E-state index in [4.69, 9.17) is 21.1 Å². The highest BCUT2D eigenvalue weighted by Crippen LogP contribution is 2.40. The molecule has 0 N–H and O–H groups in total. The first-order valence-corrected chi connectivity index (χ1v) is 9.87. The average Bonchev–Trinajstić information content (AvgIpc) is 2.84. The predicted octanol–water partition coefficient (Wildman–Crippen LogP) is 5.36. The van der Waals surface area contributed by atoms with E-state index in [2.05, 4.69) is 0 Å². The van der Waals surface area contributed by atoms with E-state index in [0.29, 0.717) is 40.0 Å². The standard InChI is InChI=1S/C19H24ClNO4S/c1-6-12(5)21-18(22)16(26-19(21)23)10-13-8-14(20)17(25-11(3)4)15(9-13)24-7-2/h8-12H,6-7H2,1-5H3/b16-10+/t12-/m0/s1. The van der Waals surface area contributed by atoms with Crippen molar-refractivity contribution in [3.8, 4) is 11.5 Å². The van der Waals surface area contributed by atoms with Crippen LogP contribution in [0.15, 0.2) is 17.0 Å². The van der Waals surface area contributed by atoms with Gasteiger partial charge in [0.2, 0.25) is 0 Å². The van der Waals surface area contributed by atoms with Gasteiger partial charge < -0.3 is 9.47 Å². The van der Waals surface area contributed by atoms with Crippen molar-refractivity contribution in [2.45, 2.75) is 53.2 Å². The van der Waals surface area contributed by atoms with Gasteiger partial charge in [0, 0.05) is 6.04 Å². The summed E-state index contributed by atoms with van der Waals surface area (Å²) in [6.07, 6.45) is 2.33. The van der Waals surface area contributed by atoms with Crippen molar-refractivity contribution in [3.63, 3.8) is 0 Å². The Bertz CT molecular complexity index is 732. The molecule has 2 amide bonds. The maximum absolute atomic E-state index is 12.6. The van der Waals surface area contributed by atoms with Crippen molar-refractivity contribution in [2.75, 3.05) is 6.61 Å². The number of rotatable bonds is 7. The number of halogens is 1. The minimum absolute atomic E-state index is 0.0513. The van der Waals surface area contributed by atoms with E-state index in [1.807, 2.05) is 34.6 Å².